The van der Waals surface area contributed by atoms with E-state index in [4.69, 9.17) is 23.4 Å². The minimum absolute atomic E-state index is 0.102. The second-order valence-corrected chi connectivity index (χ2v) is 2.73. The van der Waals surface area contributed by atoms with Gasteiger partial charge in [0.05, 0.1) is 6.54 Å². The third kappa shape index (κ3) is 2.93. The van der Waals surface area contributed by atoms with Gasteiger partial charge in [0, 0.05) is 11.8 Å². The molecule has 0 spiro atoms. The van der Waals surface area contributed by atoms with Crippen LogP contribution in [-0.2, 0) is 6.54 Å². The predicted octanol–water partition coefficient (Wildman–Crippen LogP) is 0.831. The number of guanidine groups is 1. The average Bonchev–Trinajstić information content (AvgIpc) is 2.18. The lowest BCUT2D eigenvalue weighted by molar-refractivity contribution is 0.430. The zero-order chi connectivity index (χ0) is 9.68. The smallest absolute Gasteiger partial charge is 0.223 e. The van der Waals surface area contributed by atoms with Crippen molar-refractivity contribution in [1.82, 2.24) is 5.01 Å². The van der Waals surface area contributed by atoms with E-state index >= 15 is 0 Å². The van der Waals surface area contributed by atoms with Crippen LogP contribution in [0.3, 0.4) is 0 Å². The van der Waals surface area contributed by atoms with E-state index in [-0.39, 0.29) is 5.96 Å². The number of hydrazine groups is 1. The van der Waals surface area contributed by atoms with Gasteiger partial charge in [0.15, 0.2) is 0 Å². The van der Waals surface area contributed by atoms with E-state index in [0.717, 1.165) is 5.56 Å². The summed E-state index contributed by atoms with van der Waals surface area (Å²) in [5.41, 5.74) is 6.43. The summed E-state index contributed by atoms with van der Waals surface area (Å²) >= 11 is 5.15. The Bertz CT molecular complexity index is 285. The molecule has 0 unspecified atom stereocenters. The molecule has 0 saturated heterocycles. The molecule has 0 amide bonds. The van der Waals surface area contributed by atoms with Crippen LogP contribution >= 0.6 is 11.8 Å². The minimum Gasteiger partial charge on any atom is -0.368 e. The largest absolute Gasteiger partial charge is 0.368 e. The summed E-state index contributed by atoms with van der Waals surface area (Å²) in [6.07, 6.45) is 0. The average molecular weight is 199 g/mol. The van der Waals surface area contributed by atoms with Crippen LogP contribution in [0.4, 0.5) is 0 Å². The molecule has 0 saturated carbocycles. The van der Waals surface area contributed by atoms with Gasteiger partial charge in [-0.25, -0.2) is 5.84 Å². The topological polar surface area (TPSA) is 67.6 Å². The Morgan fingerprint density at radius 1 is 1.38 bits per heavy atom. The maximum absolute atomic E-state index is 5.55. The van der Waals surface area contributed by atoms with E-state index in [1.54, 1.807) is 0 Å². The zero-order valence-electron chi connectivity index (χ0n) is 7.02. The minimum atomic E-state index is 0.102. The van der Waals surface area contributed by atoms with Crippen LogP contribution in [0.25, 0.3) is 0 Å². The third-order valence-electron chi connectivity index (χ3n) is 1.58. The molecule has 0 aromatic heterocycles. The van der Waals surface area contributed by atoms with E-state index in [0.29, 0.717) is 6.54 Å². The molecule has 0 aliphatic carbocycles. The molecule has 0 aliphatic heterocycles. The number of nitrogens with zero attached hydrogens (tertiary/aromatic N) is 2. The standard InChI is InChI=1S/C8H11ClN4/c9-12-8(10)13(11)6-7-4-2-1-3-5-7/h1-5H,6,11H2,(H2,10,12). The highest BCUT2D eigenvalue weighted by Crippen LogP contribution is 2.00. The predicted molar refractivity (Wildman–Crippen MR) is 53.6 cm³/mol. The Labute approximate surface area is 81.9 Å². The van der Waals surface area contributed by atoms with Crippen LogP contribution in [0.1, 0.15) is 5.56 Å². The summed E-state index contributed by atoms with van der Waals surface area (Å²) in [5.74, 6) is 5.66. The second-order valence-electron chi connectivity index (χ2n) is 2.56. The molecule has 4 N–H and O–H groups in total. The second kappa shape index (κ2) is 4.69. The number of rotatable bonds is 2. The number of nitrogens with two attached hydrogens (primary N) is 2. The molecule has 0 aliphatic rings. The summed E-state index contributed by atoms with van der Waals surface area (Å²) < 4.78 is 3.25. The zero-order valence-corrected chi connectivity index (χ0v) is 7.78. The van der Waals surface area contributed by atoms with Crippen molar-refractivity contribution in [3.63, 3.8) is 0 Å². The van der Waals surface area contributed by atoms with Crippen molar-refractivity contribution in [3.8, 4) is 0 Å². The van der Waals surface area contributed by atoms with Crippen LogP contribution in [0.2, 0.25) is 0 Å². The van der Waals surface area contributed by atoms with Crippen LogP contribution < -0.4 is 11.6 Å². The monoisotopic (exact) mass is 198 g/mol. The molecule has 13 heavy (non-hydrogen) atoms. The summed E-state index contributed by atoms with van der Waals surface area (Å²) in [6.45, 7) is 0.489. The lowest BCUT2D eigenvalue weighted by Gasteiger charge is -2.15. The van der Waals surface area contributed by atoms with Crippen molar-refractivity contribution < 1.29 is 0 Å². The Kier molecular flexibility index (Phi) is 3.54. The molecule has 0 bridgehead atoms. The lowest BCUT2D eigenvalue weighted by Crippen LogP contribution is -2.41. The van der Waals surface area contributed by atoms with Crippen molar-refractivity contribution in [1.29, 1.82) is 0 Å². The van der Waals surface area contributed by atoms with Gasteiger partial charge in [-0.1, -0.05) is 30.3 Å². The molecule has 1 aromatic carbocycles. The molecule has 0 atom stereocenters. The molecular formula is C8H11ClN4. The fraction of sp³-hybridized carbons (Fsp3) is 0.125. The fourth-order valence-corrected chi connectivity index (χ4v) is 1.01. The quantitative estimate of drug-likeness (QED) is 0.320. The van der Waals surface area contributed by atoms with Gasteiger partial charge in [0.2, 0.25) is 5.96 Å². The van der Waals surface area contributed by atoms with Gasteiger partial charge >= 0.3 is 0 Å². The van der Waals surface area contributed by atoms with Gasteiger partial charge in [-0.15, -0.1) is 4.51 Å². The maximum Gasteiger partial charge on any atom is 0.223 e. The summed E-state index contributed by atoms with van der Waals surface area (Å²) in [4.78, 5) is 0. The molecule has 0 radical (unpaired) electrons. The first-order chi connectivity index (χ1) is 6.24. The Morgan fingerprint density at radius 3 is 2.54 bits per heavy atom. The van der Waals surface area contributed by atoms with Crippen molar-refractivity contribution >= 4 is 17.7 Å². The van der Waals surface area contributed by atoms with Crippen LogP contribution in [0.15, 0.2) is 34.8 Å². The molecular weight excluding hydrogens is 188 g/mol. The lowest BCUT2D eigenvalue weighted by atomic mass is 10.2. The van der Waals surface area contributed by atoms with Gasteiger partial charge in [0.1, 0.15) is 0 Å². The first-order valence-electron chi connectivity index (χ1n) is 3.74. The summed E-state index contributed by atoms with van der Waals surface area (Å²) in [6, 6.07) is 9.68. The highest BCUT2D eigenvalue weighted by Gasteiger charge is 2.02. The molecule has 0 fully saturated rings. The fourth-order valence-electron chi connectivity index (χ4n) is 0.910. The van der Waals surface area contributed by atoms with Gasteiger partial charge < -0.3 is 5.73 Å². The van der Waals surface area contributed by atoms with Gasteiger partial charge in [-0.2, -0.15) is 0 Å². The van der Waals surface area contributed by atoms with Crippen LogP contribution in [0.5, 0.6) is 0 Å². The van der Waals surface area contributed by atoms with Gasteiger partial charge in [-0.05, 0) is 5.56 Å². The normalized spacial score (nSPS) is 11.4. The van der Waals surface area contributed by atoms with Crippen LogP contribution in [-0.4, -0.2) is 11.0 Å². The van der Waals surface area contributed by atoms with E-state index < -0.39 is 0 Å². The van der Waals surface area contributed by atoms with Gasteiger partial charge in [-0.3, -0.25) is 5.01 Å². The van der Waals surface area contributed by atoms with Crippen molar-refractivity contribution in [3.05, 3.63) is 35.9 Å². The Hall–Kier alpha value is -1.26. The van der Waals surface area contributed by atoms with Crippen LogP contribution in [0, 0.1) is 0 Å². The van der Waals surface area contributed by atoms with Crippen molar-refractivity contribution in [2.24, 2.45) is 16.1 Å². The molecule has 4 nitrogen and oxygen atoms in total. The number of hydrogen-bond acceptors (Lipinski definition) is 2. The third-order valence-corrected chi connectivity index (χ3v) is 1.75. The molecule has 0 heterocycles. The van der Waals surface area contributed by atoms with E-state index in [1.165, 1.54) is 5.01 Å². The SMILES string of the molecule is NC(=NCl)N(N)Cc1ccccc1. The number of hydrogen-bond donors (Lipinski definition) is 2. The summed E-state index contributed by atoms with van der Waals surface area (Å²) in [5, 5.41) is 1.28. The summed E-state index contributed by atoms with van der Waals surface area (Å²) in [7, 11) is 0. The Balaban J connectivity index is 2.60. The Morgan fingerprint density at radius 2 is 2.00 bits per heavy atom. The first kappa shape index (κ1) is 9.83. The van der Waals surface area contributed by atoms with E-state index in [2.05, 4.69) is 4.51 Å². The molecule has 1 aromatic rings. The van der Waals surface area contributed by atoms with E-state index in [9.17, 15) is 0 Å². The molecule has 70 valence electrons. The number of halogens is 1. The maximum atomic E-state index is 5.55. The molecule has 5 heteroatoms. The van der Waals surface area contributed by atoms with E-state index in [1.807, 2.05) is 30.3 Å². The highest BCUT2D eigenvalue weighted by atomic mass is 35.5. The van der Waals surface area contributed by atoms with Gasteiger partial charge in [0.25, 0.3) is 0 Å². The highest BCUT2D eigenvalue weighted by molar-refractivity contribution is 6.19. The first-order valence-corrected chi connectivity index (χ1v) is 4.08. The van der Waals surface area contributed by atoms with Crippen molar-refractivity contribution in [2.45, 2.75) is 6.54 Å². The van der Waals surface area contributed by atoms with Crippen molar-refractivity contribution in [2.75, 3.05) is 0 Å². The molecule has 1 rings (SSSR count). The number of benzene rings is 1.